The van der Waals surface area contributed by atoms with Crippen molar-refractivity contribution >= 4 is 0 Å². The maximum absolute atomic E-state index is 5.69. The number of hydrogen-bond acceptors (Lipinski definition) is 3. The summed E-state index contributed by atoms with van der Waals surface area (Å²) in [6, 6.07) is 8.62. The highest BCUT2D eigenvalue weighted by molar-refractivity contribution is 5.28. The van der Waals surface area contributed by atoms with Crippen molar-refractivity contribution in [1.29, 1.82) is 0 Å². The molecule has 0 heterocycles. The first kappa shape index (κ1) is 17.7. The highest BCUT2D eigenvalue weighted by atomic mass is 16.5. The Hall–Kier alpha value is -1.32. The monoisotopic (exact) mass is 291 g/mol. The van der Waals surface area contributed by atoms with Crippen LogP contribution in [0.4, 0.5) is 0 Å². The number of ether oxygens (including phenoxy) is 2. The Labute approximate surface area is 129 Å². The van der Waals surface area contributed by atoms with E-state index in [1.165, 1.54) is 5.56 Å². The van der Waals surface area contributed by atoms with E-state index in [1.54, 1.807) is 0 Å². The summed E-state index contributed by atoms with van der Waals surface area (Å²) in [4.78, 5) is 0. The van der Waals surface area contributed by atoms with Crippen LogP contribution in [0.3, 0.4) is 0 Å². The van der Waals surface area contributed by atoms with Crippen LogP contribution in [-0.2, 0) is 4.74 Å². The fraction of sp³-hybridized carbons (Fsp3) is 0.556. The Bertz CT molecular complexity index is 387. The summed E-state index contributed by atoms with van der Waals surface area (Å²) >= 11 is 0. The van der Waals surface area contributed by atoms with E-state index in [0.29, 0.717) is 12.0 Å². The van der Waals surface area contributed by atoms with Gasteiger partial charge in [0.25, 0.3) is 0 Å². The maximum atomic E-state index is 5.69. The van der Waals surface area contributed by atoms with Crippen molar-refractivity contribution in [2.24, 2.45) is 5.92 Å². The van der Waals surface area contributed by atoms with Crippen molar-refractivity contribution in [3.8, 4) is 5.75 Å². The lowest BCUT2D eigenvalue weighted by molar-refractivity contribution is 0.138. The molecule has 0 radical (unpaired) electrons. The molecule has 21 heavy (non-hydrogen) atoms. The van der Waals surface area contributed by atoms with Gasteiger partial charge < -0.3 is 14.8 Å². The largest absolute Gasteiger partial charge is 0.493 e. The smallest absolute Gasteiger partial charge is 0.119 e. The molecule has 3 nitrogen and oxygen atoms in total. The second-order valence-electron chi connectivity index (χ2n) is 5.64. The molecule has 0 spiro atoms. The van der Waals surface area contributed by atoms with Crippen LogP contribution in [0.25, 0.3) is 0 Å². The summed E-state index contributed by atoms with van der Waals surface area (Å²) in [5, 5.41) is 3.45. The fourth-order valence-corrected chi connectivity index (χ4v) is 1.85. The van der Waals surface area contributed by atoms with Crippen LogP contribution < -0.4 is 10.1 Å². The van der Waals surface area contributed by atoms with Crippen molar-refractivity contribution in [3.63, 3.8) is 0 Å². The molecule has 1 rings (SSSR count). The number of nitrogens with one attached hydrogen (secondary N) is 1. The van der Waals surface area contributed by atoms with Crippen LogP contribution in [0.1, 0.15) is 38.8 Å². The van der Waals surface area contributed by atoms with E-state index in [0.717, 1.165) is 38.5 Å². The predicted molar refractivity (Wildman–Crippen MR) is 88.8 cm³/mol. The molecule has 0 fully saturated rings. The van der Waals surface area contributed by atoms with Gasteiger partial charge in [-0.15, -0.1) is 6.58 Å². The highest BCUT2D eigenvalue weighted by Crippen LogP contribution is 2.18. The molecule has 0 aliphatic rings. The van der Waals surface area contributed by atoms with Crippen molar-refractivity contribution in [2.75, 3.05) is 26.4 Å². The van der Waals surface area contributed by atoms with E-state index in [2.05, 4.69) is 44.8 Å². The number of rotatable bonds is 11. The van der Waals surface area contributed by atoms with Gasteiger partial charge in [0.1, 0.15) is 5.75 Å². The molecule has 0 saturated carbocycles. The molecule has 0 aliphatic carbocycles. The molecule has 3 heteroatoms. The zero-order valence-electron chi connectivity index (χ0n) is 13.6. The van der Waals surface area contributed by atoms with Crippen molar-refractivity contribution in [2.45, 2.75) is 33.2 Å². The van der Waals surface area contributed by atoms with Gasteiger partial charge in [0.2, 0.25) is 0 Å². The third-order valence-electron chi connectivity index (χ3n) is 3.13. The third-order valence-corrected chi connectivity index (χ3v) is 3.13. The maximum Gasteiger partial charge on any atom is 0.119 e. The van der Waals surface area contributed by atoms with Crippen LogP contribution in [-0.4, -0.2) is 26.4 Å². The van der Waals surface area contributed by atoms with Gasteiger partial charge >= 0.3 is 0 Å². The summed E-state index contributed by atoms with van der Waals surface area (Å²) in [5.74, 6) is 1.48. The molecule has 1 aromatic carbocycles. The van der Waals surface area contributed by atoms with Gasteiger partial charge in [0, 0.05) is 12.6 Å². The average Bonchev–Trinajstić information content (AvgIpc) is 2.49. The normalized spacial score (nSPS) is 12.4. The molecule has 0 aliphatic heterocycles. The van der Waals surface area contributed by atoms with Gasteiger partial charge in [-0.2, -0.15) is 0 Å². The fourth-order valence-electron chi connectivity index (χ4n) is 1.85. The lowest BCUT2D eigenvalue weighted by Gasteiger charge is -2.15. The Kier molecular flexibility index (Phi) is 8.79. The molecule has 0 aromatic heterocycles. The van der Waals surface area contributed by atoms with Crippen molar-refractivity contribution in [1.82, 2.24) is 5.32 Å². The number of hydrogen-bond donors (Lipinski definition) is 1. The minimum Gasteiger partial charge on any atom is -0.493 e. The van der Waals surface area contributed by atoms with Crippen LogP contribution >= 0.6 is 0 Å². The van der Waals surface area contributed by atoms with Crippen LogP contribution in [0.2, 0.25) is 0 Å². The predicted octanol–water partition coefficient (Wildman–Crippen LogP) is 3.96. The summed E-state index contributed by atoms with van der Waals surface area (Å²) in [6.45, 7) is 13.2. The molecular weight excluding hydrogens is 262 g/mol. The Balaban J connectivity index is 2.27. The van der Waals surface area contributed by atoms with Crippen LogP contribution in [0.5, 0.6) is 5.75 Å². The van der Waals surface area contributed by atoms with Crippen LogP contribution in [0, 0.1) is 5.92 Å². The van der Waals surface area contributed by atoms with Gasteiger partial charge in [0.05, 0.1) is 19.8 Å². The molecular formula is C18H29NO2. The van der Waals surface area contributed by atoms with E-state index in [1.807, 2.05) is 18.2 Å². The lowest BCUT2D eigenvalue weighted by atomic mass is 10.1. The summed E-state index contributed by atoms with van der Waals surface area (Å²) in [6.07, 6.45) is 2.78. The van der Waals surface area contributed by atoms with Crippen molar-refractivity contribution in [3.05, 3.63) is 42.5 Å². The molecule has 1 aromatic rings. The Morgan fingerprint density at radius 3 is 2.48 bits per heavy atom. The summed E-state index contributed by atoms with van der Waals surface area (Å²) in [5.41, 5.74) is 1.26. The topological polar surface area (TPSA) is 30.5 Å². The zero-order valence-corrected chi connectivity index (χ0v) is 13.6. The quantitative estimate of drug-likeness (QED) is 0.494. The first-order valence-electron chi connectivity index (χ1n) is 7.78. The molecule has 1 atom stereocenters. The molecule has 1 N–H and O–H groups in total. The molecule has 0 bridgehead atoms. The van der Waals surface area contributed by atoms with E-state index >= 15 is 0 Å². The van der Waals surface area contributed by atoms with E-state index in [-0.39, 0.29) is 0 Å². The Morgan fingerprint density at radius 1 is 1.14 bits per heavy atom. The average molecular weight is 291 g/mol. The third kappa shape index (κ3) is 7.88. The minimum atomic E-state index is 0.312. The van der Waals surface area contributed by atoms with E-state index in [4.69, 9.17) is 9.47 Å². The van der Waals surface area contributed by atoms with E-state index in [9.17, 15) is 0 Å². The standard InChI is InChI=1S/C18H29NO2/c1-5-6-12-20-13-11-19-16(4)17-7-9-18(10-8-17)21-14-15(2)3/h5,7-10,15-16,19H,1,6,11-14H2,2-4H3. The van der Waals surface area contributed by atoms with Crippen LogP contribution in [0.15, 0.2) is 36.9 Å². The first-order chi connectivity index (χ1) is 10.1. The van der Waals surface area contributed by atoms with Gasteiger partial charge in [-0.1, -0.05) is 32.1 Å². The number of benzene rings is 1. The lowest BCUT2D eigenvalue weighted by Crippen LogP contribution is -2.23. The molecule has 0 amide bonds. The summed E-state index contributed by atoms with van der Waals surface area (Å²) in [7, 11) is 0. The molecule has 118 valence electrons. The zero-order chi connectivity index (χ0) is 15.5. The van der Waals surface area contributed by atoms with Gasteiger partial charge in [-0.05, 0) is 37.0 Å². The SMILES string of the molecule is C=CCCOCCNC(C)c1ccc(OCC(C)C)cc1. The van der Waals surface area contributed by atoms with Crippen molar-refractivity contribution < 1.29 is 9.47 Å². The molecule has 0 saturated heterocycles. The Morgan fingerprint density at radius 2 is 1.86 bits per heavy atom. The second-order valence-corrected chi connectivity index (χ2v) is 5.64. The first-order valence-corrected chi connectivity index (χ1v) is 7.78. The second kappa shape index (κ2) is 10.4. The summed E-state index contributed by atoms with van der Waals surface area (Å²) < 4.78 is 11.2. The minimum absolute atomic E-state index is 0.312. The van der Waals surface area contributed by atoms with E-state index < -0.39 is 0 Å². The van der Waals surface area contributed by atoms with Gasteiger partial charge in [0.15, 0.2) is 0 Å². The van der Waals surface area contributed by atoms with Gasteiger partial charge in [-0.3, -0.25) is 0 Å². The molecule has 1 unspecified atom stereocenters. The van der Waals surface area contributed by atoms with Gasteiger partial charge in [-0.25, -0.2) is 0 Å². The highest BCUT2D eigenvalue weighted by Gasteiger charge is 2.05.